The zero-order chi connectivity index (χ0) is 0. The Hall–Kier alpha value is 1.83. The molecule has 0 N–H and O–H groups in total. The Bertz CT molecular complexity index is 8.92. The summed E-state index contributed by atoms with van der Waals surface area (Å²) < 4.78 is 0. The Morgan fingerprint density at radius 1 is 0.333 bits per heavy atom. The summed E-state index contributed by atoms with van der Waals surface area (Å²) in [6.45, 7) is 0. The van der Waals surface area contributed by atoms with Crippen LogP contribution in [-0.2, 0) is 94.5 Å². The standard InChI is InChI=1S/4Co.5O/q2*+2;2*+3;5*-2. The molecule has 0 bridgehead atoms. The summed E-state index contributed by atoms with van der Waals surface area (Å²) >= 11 is 0. The van der Waals surface area contributed by atoms with E-state index in [9.17, 15) is 0 Å². The molecule has 0 saturated carbocycles. The van der Waals surface area contributed by atoms with Crippen molar-refractivity contribution >= 4 is 0 Å². The maximum atomic E-state index is 0. The molecule has 0 aromatic rings. The molecule has 0 heterocycles. The molecule has 0 aliphatic heterocycles. The molecular formula is Co4O5. The fourth-order valence-corrected chi connectivity index (χ4v) is 0. The first-order valence-electron chi connectivity index (χ1n) is 0. The summed E-state index contributed by atoms with van der Waals surface area (Å²) in [5, 5.41) is 0. The van der Waals surface area contributed by atoms with Gasteiger partial charge in [-0.2, -0.15) is 0 Å². The van der Waals surface area contributed by atoms with Gasteiger partial charge in [-0.05, 0) is 0 Å². The second-order valence-corrected chi connectivity index (χ2v) is 0. The van der Waals surface area contributed by atoms with Crippen LogP contribution in [0, 0.1) is 0 Å². The number of hydrogen-bond acceptors (Lipinski definition) is 0. The maximum Gasteiger partial charge on any atom is 3.00 e. The van der Waals surface area contributed by atoms with E-state index in [2.05, 4.69) is 0 Å². The van der Waals surface area contributed by atoms with Gasteiger partial charge in [-0.25, -0.2) is 0 Å². The average Bonchev–Trinajstić information content (AvgIpc) is 0. The van der Waals surface area contributed by atoms with Gasteiger partial charge in [-0.15, -0.1) is 0 Å². The Balaban J connectivity index is 0. The predicted molar refractivity (Wildman–Crippen MR) is 3.43 cm³/mol. The third-order valence-corrected chi connectivity index (χ3v) is 0. The Morgan fingerprint density at radius 3 is 0.333 bits per heavy atom. The van der Waals surface area contributed by atoms with Crippen molar-refractivity contribution in [1.82, 2.24) is 0 Å². The van der Waals surface area contributed by atoms with Crippen molar-refractivity contribution in [3.63, 3.8) is 0 Å². The molecule has 0 rings (SSSR count). The summed E-state index contributed by atoms with van der Waals surface area (Å²) in [4.78, 5) is 0. The molecule has 2 radical (unpaired) electrons. The normalized spacial score (nSPS) is 0. The van der Waals surface area contributed by atoms with Crippen molar-refractivity contribution in [2.45, 2.75) is 0 Å². The van der Waals surface area contributed by atoms with Crippen LogP contribution in [0.4, 0.5) is 0 Å². The molecule has 0 amide bonds. The van der Waals surface area contributed by atoms with Crippen molar-refractivity contribution in [3.8, 4) is 0 Å². The summed E-state index contributed by atoms with van der Waals surface area (Å²) in [6, 6.07) is 0. The molecule has 0 aliphatic rings. The van der Waals surface area contributed by atoms with Crippen LogP contribution in [0.25, 0.3) is 0 Å². The van der Waals surface area contributed by atoms with Crippen LogP contribution in [0.15, 0.2) is 0 Å². The molecule has 0 saturated heterocycles. The summed E-state index contributed by atoms with van der Waals surface area (Å²) in [7, 11) is 0. The molecule has 0 aromatic heterocycles. The van der Waals surface area contributed by atoms with E-state index < -0.39 is 0 Å². The fraction of sp³-hybridized carbons (Fsp3) is 0. The van der Waals surface area contributed by atoms with Crippen molar-refractivity contribution < 1.29 is 94.5 Å². The second-order valence-electron chi connectivity index (χ2n) is 0. The van der Waals surface area contributed by atoms with Gasteiger partial charge in [0.2, 0.25) is 0 Å². The minimum Gasteiger partial charge on any atom is -2.00 e. The van der Waals surface area contributed by atoms with E-state index in [1.54, 1.807) is 0 Å². The number of hydrogen-bond donors (Lipinski definition) is 0. The largest absolute Gasteiger partial charge is 3.00 e. The van der Waals surface area contributed by atoms with Crippen molar-refractivity contribution in [1.29, 1.82) is 0 Å². The first-order chi connectivity index (χ1) is 0. The Labute approximate surface area is 94.1 Å². The Kier molecular flexibility index (Phi) is 8000. The first kappa shape index (κ1) is 313. The van der Waals surface area contributed by atoms with Crippen LogP contribution >= 0.6 is 0 Å². The van der Waals surface area contributed by atoms with Crippen LogP contribution in [0.3, 0.4) is 0 Å². The zero-order valence-corrected chi connectivity index (χ0v) is 7.54. The first-order valence-corrected chi connectivity index (χ1v) is 0. The molecule has 0 aromatic carbocycles. The van der Waals surface area contributed by atoms with Crippen LogP contribution in [0.1, 0.15) is 0 Å². The zero-order valence-electron chi connectivity index (χ0n) is 3.37. The second kappa shape index (κ2) is 230. The fourth-order valence-electron chi connectivity index (χ4n) is 0. The van der Waals surface area contributed by atoms with E-state index in [-0.39, 0.29) is 94.5 Å². The van der Waals surface area contributed by atoms with Gasteiger partial charge in [0, 0.05) is 0 Å². The van der Waals surface area contributed by atoms with Gasteiger partial charge in [0.05, 0.1) is 0 Å². The van der Waals surface area contributed by atoms with Gasteiger partial charge in [-0.1, -0.05) is 0 Å². The van der Waals surface area contributed by atoms with Crippen LogP contribution < -0.4 is 0 Å². The van der Waals surface area contributed by atoms with Gasteiger partial charge >= 0.3 is 67.1 Å². The molecule has 0 unspecified atom stereocenters. The molecule has 0 spiro atoms. The van der Waals surface area contributed by atoms with Gasteiger partial charge in [0.25, 0.3) is 0 Å². The van der Waals surface area contributed by atoms with E-state index in [0.29, 0.717) is 0 Å². The third-order valence-electron chi connectivity index (χ3n) is 0. The molecule has 9 heteroatoms. The summed E-state index contributed by atoms with van der Waals surface area (Å²) in [6.07, 6.45) is 0. The molecule has 0 aliphatic carbocycles. The van der Waals surface area contributed by atoms with Crippen LogP contribution in [-0.4, -0.2) is 0 Å². The molecule has 66 valence electrons. The molecule has 0 atom stereocenters. The van der Waals surface area contributed by atoms with Gasteiger partial charge in [0.15, 0.2) is 0 Å². The van der Waals surface area contributed by atoms with E-state index in [4.69, 9.17) is 0 Å². The molecule has 9 heavy (non-hydrogen) atoms. The molecule has 5 nitrogen and oxygen atoms in total. The third kappa shape index (κ3) is 180. The van der Waals surface area contributed by atoms with Crippen LogP contribution in [0.2, 0.25) is 0 Å². The average molecular weight is 316 g/mol. The minimum absolute atomic E-state index is 0. The minimum atomic E-state index is 0. The van der Waals surface area contributed by atoms with Crippen molar-refractivity contribution in [2.24, 2.45) is 0 Å². The van der Waals surface area contributed by atoms with Crippen molar-refractivity contribution in [3.05, 3.63) is 0 Å². The monoisotopic (exact) mass is 316 g/mol. The molecular weight excluding hydrogens is 316 g/mol. The molecule has 0 fully saturated rings. The Morgan fingerprint density at radius 2 is 0.333 bits per heavy atom. The van der Waals surface area contributed by atoms with E-state index >= 15 is 0 Å². The SMILES string of the molecule is [Co+2].[Co+2].[Co+3].[Co+3].[O-2].[O-2].[O-2].[O-2].[O-2]. The summed E-state index contributed by atoms with van der Waals surface area (Å²) in [5.74, 6) is 0. The van der Waals surface area contributed by atoms with E-state index in [0.717, 1.165) is 0 Å². The van der Waals surface area contributed by atoms with Gasteiger partial charge in [0.1, 0.15) is 0 Å². The topological polar surface area (TPSA) is 142 Å². The van der Waals surface area contributed by atoms with E-state index in [1.807, 2.05) is 0 Å². The van der Waals surface area contributed by atoms with E-state index in [1.165, 1.54) is 0 Å². The van der Waals surface area contributed by atoms with Gasteiger partial charge < -0.3 is 27.4 Å². The van der Waals surface area contributed by atoms with Crippen LogP contribution in [0.5, 0.6) is 0 Å². The smallest absolute Gasteiger partial charge is 2.00 e. The van der Waals surface area contributed by atoms with Gasteiger partial charge in [-0.3, -0.25) is 0 Å². The summed E-state index contributed by atoms with van der Waals surface area (Å²) in [5.41, 5.74) is 0. The number of rotatable bonds is 0. The maximum absolute atomic E-state index is 0. The van der Waals surface area contributed by atoms with Crippen molar-refractivity contribution in [2.75, 3.05) is 0 Å². The quantitative estimate of drug-likeness (QED) is 0.562. The predicted octanol–water partition coefficient (Wildman–Crippen LogP) is -0.604.